The minimum absolute atomic E-state index is 0.117. The number of urea groups is 1. The summed E-state index contributed by atoms with van der Waals surface area (Å²) in [5.41, 5.74) is 0. The summed E-state index contributed by atoms with van der Waals surface area (Å²) in [4.78, 5) is 25.2. The first-order valence-corrected chi connectivity index (χ1v) is 7.37. The lowest BCUT2D eigenvalue weighted by atomic mass is 10.0. The molecule has 1 unspecified atom stereocenters. The summed E-state index contributed by atoms with van der Waals surface area (Å²) in [5.74, 6) is 1.06. The van der Waals surface area contributed by atoms with E-state index in [1.807, 2.05) is 44.2 Å². The van der Waals surface area contributed by atoms with E-state index in [1.165, 1.54) is 4.90 Å². The third kappa shape index (κ3) is 4.21. The van der Waals surface area contributed by atoms with Crippen LogP contribution in [0.2, 0.25) is 0 Å². The zero-order chi connectivity index (χ0) is 15.2. The summed E-state index contributed by atoms with van der Waals surface area (Å²) < 4.78 is 5.56. The number of carbonyl (C=O) groups is 2. The number of hydrogen-bond acceptors (Lipinski definition) is 3. The van der Waals surface area contributed by atoms with Crippen LogP contribution in [-0.4, -0.2) is 36.0 Å². The quantitative estimate of drug-likeness (QED) is 0.620. The maximum Gasteiger partial charge on any atom is 0.324 e. The van der Waals surface area contributed by atoms with E-state index in [1.54, 1.807) is 0 Å². The first-order chi connectivity index (χ1) is 10.1. The fourth-order valence-corrected chi connectivity index (χ4v) is 2.35. The highest BCUT2D eigenvalue weighted by Gasteiger charge is 2.37. The lowest BCUT2D eigenvalue weighted by Gasteiger charge is -2.14. The summed E-state index contributed by atoms with van der Waals surface area (Å²) in [5, 5.41) is 2.74. The molecular weight excluding hydrogens is 268 g/mol. The molecule has 0 saturated carbocycles. The van der Waals surface area contributed by atoms with Gasteiger partial charge in [-0.2, -0.15) is 0 Å². The van der Waals surface area contributed by atoms with Crippen LogP contribution in [-0.2, 0) is 4.79 Å². The first kappa shape index (κ1) is 15.4. The van der Waals surface area contributed by atoms with Crippen LogP contribution in [0.25, 0.3) is 0 Å². The number of hydrogen-bond donors (Lipinski definition) is 1. The third-order valence-corrected chi connectivity index (χ3v) is 3.35. The van der Waals surface area contributed by atoms with Crippen LogP contribution >= 0.6 is 0 Å². The van der Waals surface area contributed by atoms with Crippen molar-refractivity contribution in [3.8, 4) is 5.75 Å². The van der Waals surface area contributed by atoms with Crippen molar-refractivity contribution in [2.75, 3.05) is 13.2 Å². The van der Waals surface area contributed by atoms with E-state index >= 15 is 0 Å². The second kappa shape index (κ2) is 7.11. The van der Waals surface area contributed by atoms with Gasteiger partial charge in [-0.3, -0.25) is 9.69 Å². The number of ether oxygens (including phenoxy) is 1. The number of nitrogens with zero attached hydrogens (tertiary/aromatic N) is 1. The number of benzene rings is 1. The molecule has 5 nitrogen and oxygen atoms in total. The Morgan fingerprint density at radius 1 is 1.24 bits per heavy atom. The lowest BCUT2D eigenvalue weighted by molar-refractivity contribution is -0.127. The van der Waals surface area contributed by atoms with Crippen molar-refractivity contribution in [2.45, 2.75) is 32.7 Å². The summed E-state index contributed by atoms with van der Waals surface area (Å²) in [7, 11) is 0. The number of imide groups is 1. The molecule has 1 saturated heterocycles. The molecule has 5 heteroatoms. The minimum Gasteiger partial charge on any atom is -0.494 e. The van der Waals surface area contributed by atoms with E-state index in [9.17, 15) is 9.59 Å². The molecule has 0 aromatic heterocycles. The third-order valence-electron chi connectivity index (χ3n) is 3.35. The summed E-state index contributed by atoms with van der Waals surface area (Å²) in [6.07, 6.45) is 1.31. The average molecular weight is 290 g/mol. The molecule has 0 spiro atoms. The second-order valence-electron chi connectivity index (χ2n) is 5.64. The molecule has 1 aromatic rings. The van der Waals surface area contributed by atoms with Gasteiger partial charge in [0.2, 0.25) is 0 Å². The molecule has 0 radical (unpaired) electrons. The average Bonchev–Trinajstić information content (AvgIpc) is 2.71. The van der Waals surface area contributed by atoms with E-state index in [-0.39, 0.29) is 18.0 Å². The molecule has 1 aliphatic heterocycles. The summed E-state index contributed by atoms with van der Waals surface area (Å²) in [6, 6.07) is 8.85. The lowest BCUT2D eigenvalue weighted by Crippen LogP contribution is -2.33. The molecule has 0 aliphatic carbocycles. The van der Waals surface area contributed by atoms with Gasteiger partial charge in [0.1, 0.15) is 11.8 Å². The maximum absolute atomic E-state index is 12.1. The van der Waals surface area contributed by atoms with Gasteiger partial charge in [0.05, 0.1) is 6.61 Å². The van der Waals surface area contributed by atoms with Crippen molar-refractivity contribution in [1.29, 1.82) is 0 Å². The standard InChI is InChI=1S/C16H22N2O3/c1-12(2)11-14-15(19)18(16(20)17-14)9-6-10-21-13-7-4-3-5-8-13/h3-5,7-8,12,14H,6,9-11H2,1-2H3,(H,17,20). The van der Waals surface area contributed by atoms with Crippen LogP contribution in [0.4, 0.5) is 4.79 Å². The van der Waals surface area contributed by atoms with Crippen molar-refractivity contribution >= 4 is 11.9 Å². The molecule has 3 amide bonds. The van der Waals surface area contributed by atoms with Crippen LogP contribution in [0.1, 0.15) is 26.7 Å². The molecule has 1 N–H and O–H groups in total. The van der Waals surface area contributed by atoms with Crippen molar-refractivity contribution in [1.82, 2.24) is 10.2 Å². The summed E-state index contributed by atoms with van der Waals surface area (Å²) in [6.45, 7) is 4.95. The first-order valence-electron chi connectivity index (χ1n) is 7.37. The van der Waals surface area contributed by atoms with Crippen molar-refractivity contribution in [2.24, 2.45) is 5.92 Å². The largest absolute Gasteiger partial charge is 0.494 e. The van der Waals surface area contributed by atoms with Crippen LogP contribution < -0.4 is 10.1 Å². The van der Waals surface area contributed by atoms with Gasteiger partial charge in [-0.1, -0.05) is 32.0 Å². The predicted molar refractivity (Wildman–Crippen MR) is 80.0 cm³/mol. The highest BCUT2D eigenvalue weighted by Crippen LogP contribution is 2.15. The SMILES string of the molecule is CC(C)CC1NC(=O)N(CCCOc2ccccc2)C1=O. The molecule has 114 valence electrons. The Balaban J connectivity index is 1.75. The molecule has 21 heavy (non-hydrogen) atoms. The Bertz CT molecular complexity index is 488. The van der Waals surface area contributed by atoms with Gasteiger partial charge in [0.15, 0.2) is 0 Å². The Labute approximate surface area is 125 Å². The van der Waals surface area contributed by atoms with E-state index in [0.717, 1.165) is 5.75 Å². The number of nitrogens with one attached hydrogen (secondary N) is 1. The number of carbonyl (C=O) groups excluding carboxylic acids is 2. The summed E-state index contributed by atoms with van der Waals surface area (Å²) >= 11 is 0. The highest BCUT2D eigenvalue weighted by molar-refractivity contribution is 6.04. The molecule has 1 aliphatic rings. The van der Waals surface area contributed by atoms with Crippen LogP contribution in [0.15, 0.2) is 30.3 Å². The van der Waals surface area contributed by atoms with E-state index in [0.29, 0.717) is 31.9 Å². The maximum atomic E-state index is 12.1. The molecule has 1 aromatic carbocycles. The Hall–Kier alpha value is -2.04. The molecule has 1 fully saturated rings. The van der Waals surface area contributed by atoms with Gasteiger partial charge in [0.25, 0.3) is 5.91 Å². The highest BCUT2D eigenvalue weighted by atomic mass is 16.5. The second-order valence-corrected chi connectivity index (χ2v) is 5.64. The Morgan fingerprint density at radius 3 is 2.62 bits per heavy atom. The van der Waals surface area contributed by atoms with Crippen molar-refractivity contribution in [3.63, 3.8) is 0 Å². The molecule has 2 rings (SSSR count). The smallest absolute Gasteiger partial charge is 0.324 e. The van der Waals surface area contributed by atoms with Crippen LogP contribution in [0.3, 0.4) is 0 Å². The van der Waals surface area contributed by atoms with Gasteiger partial charge in [-0.15, -0.1) is 0 Å². The monoisotopic (exact) mass is 290 g/mol. The predicted octanol–water partition coefficient (Wildman–Crippen LogP) is 2.42. The topological polar surface area (TPSA) is 58.6 Å². The molecular formula is C16H22N2O3. The van der Waals surface area contributed by atoms with E-state index in [4.69, 9.17) is 4.74 Å². The fraction of sp³-hybridized carbons (Fsp3) is 0.500. The van der Waals surface area contributed by atoms with Crippen molar-refractivity contribution < 1.29 is 14.3 Å². The van der Waals surface area contributed by atoms with Gasteiger partial charge in [-0.05, 0) is 30.9 Å². The number of rotatable bonds is 7. The zero-order valence-electron chi connectivity index (χ0n) is 12.5. The van der Waals surface area contributed by atoms with Gasteiger partial charge in [0, 0.05) is 6.54 Å². The number of para-hydroxylation sites is 1. The van der Waals surface area contributed by atoms with Crippen LogP contribution in [0, 0.1) is 5.92 Å². The van der Waals surface area contributed by atoms with Crippen molar-refractivity contribution in [3.05, 3.63) is 30.3 Å². The van der Waals surface area contributed by atoms with E-state index in [2.05, 4.69) is 5.32 Å². The zero-order valence-corrected chi connectivity index (χ0v) is 12.5. The molecule has 1 heterocycles. The Kier molecular flexibility index (Phi) is 5.20. The molecule has 1 atom stereocenters. The van der Waals surface area contributed by atoms with E-state index < -0.39 is 0 Å². The van der Waals surface area contributed by atoms with Gasteiger partial charge >= 0.3 is 6.03 Å². The molecule has 0 bridgehead atoms. The Morgan fingerprint density at radius 2 is 1.95 bits per heavy atom. The van der Waals surface area contributed by atoms with Gasteiger partial charge in [-0.25, -0.2) is 4.79 Å². The number of amides is 3. The normalized spacial score (nSPS) is 18.2. The fourth-order valence-electron chi connectivity index (χ4n) is 2.35. The van der Waals surface area contributed by atoms with Gasteiger partial charge < -0.3 is 10.1 Å². The van der Waals surface area contributed by atoms with Crippen LogP contribution in [0.5, 0.6) is 5.75 Å². The minimum atomic E-state index is -0.368.